The Kier molecular flexibility index (Phi) is 53.2. The summed E-state index contributed by atoms with van der Waals surface area (Å²) in [6, 6.07) is 0. The van der Waals surface area contributed by atoms with Gasteiger partial charge in [-0.15, -0.1) is 0 Å². The molecule has 0 aliphatic rings. The monoisotopic (exact) mass is 927 g/mol. The van der Waals surface area contributed by atoms with Crippen molar-refractivity contribution in [3.8, 4) is 0 Å². The Balaban J connectivity index is 4.35. The van der Waals surface area contributed by atoms with E-state index in [1.165, 1.54) is 173 Å². The van der Waals surface area contributed by atoms with Gasteiger partial charge in [0.05, 0.1) is 6.61 Å². The number of hydrogen-bond acceptors (Lipinski definition) is 6. The van der Waals surface area contributed by atoms with E-state index in [0.717, 1.165) is 83.5 Å². The molecule has 1 atom stereocenters. The van der Waals surface area contributed by atoms with E-state index in [4.69, 9.17) is 14.2 Å². The second-order valence-electron chi connectivity index (χ2n) is 19.5. The van der Waals surface area contributed by atoms with Gasteiger partial charge in [-0.1, -0.05) is 211 Å². The lowest BCUT2D eigenvalue weighted by Crippen LogP contribution is -2.25. The zero-order chi connectivity index (χ0) is 47.9. The van der Waals surface area contributed by atoms with Crippen molar-refractivity contribution >= 4 is 17.9 Å². The largest absolute Gasteiger partial charge is 0.466 e. The topological polar surface area (TPSA) is 78.9 Å². The van der Waals surface area contributed by atoms with Crippen LogP contribution in [0.5, 0.6) is 0 Å². The fourth-order valence-corrected chi connectivity index (χ4v) is 8.43. The molecule has 0 amide bonds. The predicted molar refractivity (Wildman–Crippen MR) is 284 cm³/mol. The zero-order valence-electron chi connectivity index (χ0n) is 44.2. The molecule has 0 fully saturated rings. The standard InChI is InChI=1S/C60H110O6/c1-4-7-10-13-16-19-22-25-28-31-34-37-40-43-46-52-58(61)64-55-50-49-51-57(66-60(63)54-48-45-42-39-36-33-30-27-24-21-18-15-12-9-6-3)56-65-59(62)53-47-44-41-38-35-32-29-26-23-20-17-14-11-8-5-2/h25-30,57H,4-24,31-56H2,1-3H3. The Morgan fingerprint density at radius 1 is 0.318 bits per heavy atom. The second kappa shape index (κ2) is 55.2. The molecule has 1 unspecified atom stereocenters. The lowest BCUT2D eigenvalue weighted by Gasteiger charge is -2.18. The summed E-state index contributed by atoms with van der Waals surface area (Å²) in [6.45, 7) is 7.26. The van der Waals surface area contributed by atoms with Crippen LogP contribution < -0.4 is 0 Å². The van der Waals surface area contributed by atoms with Crippen LogP contribution in [0.2, 0.25) is 0 Å². The molecule has 0 aliphatic carbocycles. The van der Waals surface area contributed by atoms with Gasteiger partial charge in [0.2, 0.25) is 0 Å². The quantitative estimate of drug-likeness (QED) is 0.0262. The van der Waals surface area contributed by atoms with Crippen molar-refractivity contribution in [2.75, 3.05) is 13.2 Å². The Morgan fingerprint density at radius 2 is 0.606 bits per heavy atom. The molecule has 66 heavy (non-hydrogen) atoms. The highest BCUT2D eigenvalue weighted by Gasteiger charge is 2.17. The maximum absolute atomic E-state index is 12.9. The molecule has 0 aromatic heterocycles. The lowest BCUT2D eigenvalue weighted by atomic mass is 10.1. The number of rotatable bonds is 53. The Bertz CT molecular complexity index is 1110. The van der Waals surface area contributed by atoms with Crippen molar-refractivity contribution in [3.63, 3.8) is 0 Å². The number of carbonyl (C=O) groups is 3. The minimum atomic E-state index is -0.467. The third-order valence-electron chi connectivity index (χ3n) is 12.8. The highest BCUT2D eigenvalue weighted by Crippen LogP contribution is 2.16. The molecule has 0 heterocycles. The molecular weight excluding hydrogens is 817 g/mol. The molecule has 0 saturated carbocycles. The number of hydrogen-bond donors (Lipinski definition) is 0. The fourth-order valence-electron chi connectivity index (χ4n) is 8.43. The van der Waals surface area contributed by atoms with Crippen LogP contribution in [-0.2, 0) is 28.6 Å². The van der Waals surface area contributed by atoms with E-state index in [1.807, 2.05) is 0 Å². The summed E-state index contributed by atoms with van der Waals surface area (Å²) in [4.78, 5) is 37.9. The maximum atomic E-state index is 12.9. The normalized spacial score (nSPS) is 12.2. The first-order valence-corrected chi connectivity index (χ1v) is 29.0. The van der Waals surface area contributed by atoms with E-state index < -0.39 is 6.10 Å². The summed E-state index contributed by atoms with van der Waals surface area (Å²) in [7, 11) is 0. The molecule has 6 nitrogen and oxygen atoms in total. The average Bonchev–Trinajstić information content (AvgIpc) is 3.31. The van der Waals surface area contributed by atoms with Gasteiger partial charge in [-0.05, 0) is 116 Å². The first-order valence-electron chi connectivity index (χ1n) is 29.0. The van der Waals surface area contributed by atoms with E-state index in [2.05, 4.69) is 57.2 Å². The van der Waals surface area contributed by atoms with Crippen molar-refractivity contribution in [1.29, 1.82) is 0 Å². The zero-order valence-corrected chi connectivity index (χ0v) is 44.2. The van der Waals surface area contributed by atoms with Crippen molar-refractivity contribution in [2.24, 2.45) is 0 Å². The van der Waals surface area contributed by atoms with Crippen LogP contribution in [0.15, 0.2) is 36.5 Å². The molecule has 0 radical (unpaired) electrons. The summed E-state index contributed by atoms with van der Waals surface area (Å²) < 4.78 is 17.1. The number of unbranched alkanes of at least 4 members (excludes halogenated alkanes) is 34. The molecule has 386 valence electrons. The molecule has 0 aromatic rings. The molecule has 0 aromatic carbocycles. The molecule has 0 spiro atoms. The van der Waals surface area contributed by atoms with Crippen LogP contribution in [0.25, 0.3) is 0 Å². The van der Waals surface area contributed by atoms with Crippen LogP contribution in [0.3, 0.4) is 0 Å². The molecule has 0 saturated heterocycles. The third kappa shape index (κ3) is 52.6. The van der Waals surface area contributed by atoms with Crippen molar-refractivity contribution in [3.05, 3.63) is 36.5 Å². The SMILES string of the molecule is CCCCCCCCC=CCCCCCCCC(=O)OCCCCC(COC(=O)CCCCCCCC=CCCCCCCCC)OC(=O)CCCCCCCC=CCCCCCCCC. The maximum Gasteiger partial charge on any atom is 0.306 e. The van der Waals surface area contributed by atoms with Gasteiger partial charge >= 0.3 is 17.9 Å². The van der Waals surface area contributed by atoms with Crippen LogP contribution in [-0.4, -0.2) is 37.2 Å². The van der Waals surface area contributed by atoms with Gasteiger partial charge in [0.25, 0.3) is 0 Å². The third-order valence-corrected chi connectivity index (χ3v) is 12.8. The number of esters is 3. The van der Waals surface area contributed by atoms with E-state index >= 15 is 0 Å². The average molecular weight is 928 g/mol. The first-order chi connectivity index (χ1) is 32.5. The number of allylic oxidation sites excluding steroid dienone is 6. The van der Waals surface area contributed by atoms with Crippen LogP contribution >= 0.6 is 0 Å². The van der Waals surface area contributed by atoms with Crippen LogP contribution in [0.4, 0.5) is 0 Å². The van der Waals surface area contributed by atoms with Gasteiger partial charge in [0.1, 0.15) is 12.7 Å². The van der Waals surface area contributed by atoms with Crippen molar-refractivity contribution in [1.82, 2.24) is 0 Å². The fraction of sp³-hybridized carbons (Fsp3) is 0.850. The second-order valence-corrected chi connectivity index (χ2v) is 19.5. The van der Waals surface area contributed by atoms with Gasteiger partial charge in [-0.2, -0.15) is 0 Å². The van der Waals surface area contributed by atoms with Gasteiger partial charge < -0.3 is 14.2 Å². The Hall–Kier alpha value is -2.37. The van der Waals surface area contributed by atoms with Gasteiger partial charge in [-0.25, -0.2) is 0 Å². The molecule has 0 N–H and O–H groups in total. The van der Waals surface area contributed by atoms with E-state index in [0.29, 0.717) is 38.7 Å². The highest BCUT2D eigenvalue weighted by atomic mass is 16.6. The molecule has 6 heteroatoms. The highest BCUT2D eigenvalue weighted by molar-refractivity contribution is 5.70. The first kappa shape index (κ1) is 63.6. The van der Waals surface area contributed by atoms with E-state index in [-0.39, 0.29) is 24.5 Å². The van der Waals surface area contributed by atoms with Gasteiger partial charge in [0, 0.05) is 19.3 Å². The van der Waals surface area contributed by atoms with Gasteiger partial charge in [-0.3, -0.25) is 14.4 Å². The van der Waals surface area contributed by atoms with Crippen LogP contribution in [0, 0.1) is 0 Å². The van der Waals surface area contributed by atoms with Crippen molar-refractivity contribution < 1.29 is 28.6 Å². The summed E-state index contributed by atoms with van der Waals surface area (Å²) in [5.74, 6) is -0.548. The van der Waals surface area contributed by atoms with Crippen LogP contribution in [0.1, 0.15) is 310 Å². The predicted octanol–water partition coefficient (Wildman–Crippen LogP) is 19.3. The number of ether oxygens (including phenoxy) is 3. The molecule has 0 bridgehead atoms. The minimum absolute atomic E-state index is 0.0945. The lowest BCUT2D eigenvalue weighted by molar-refractivity contribution is -0.159. The van der Waals surface area contributed by atoms with Crippen molar-refractivity contribution in [2.45, 2.75) is 316 Å². The Labute approximate surface area is 410 Å². The van der Waals surface area contributed by atoms with E-state index in [9.17, 15) is 14.4 Å². The summed E-state index contributed by atoms with van der Waals surface area (Å²) in [5, 5.41) is 0. The molecule has 0 rings (SSSR count). The Morgan fingerprint density at radius 3 is 0.955 bits per heavy atom. The summed E-state index contributed by atoms with van der Waals surface area (Å²) >= 11 is 0. The van der Waals surface area contributed by atoms with E-state index in [1.54, 1.807) is 0 Å². The minimum Gasteiger partial charge on any atom is -0.466 e. The summed E-state index contributed by atoms with van der Waals surface area (Å²) in [5.41, 5.74) is 0. The van der Waals surface area contributed by atoms with Gasteiger partial charge in [0.15, 0.2) is 0 Å². The smallest absolute Gasteiger partial charge is 0.306 e. The molecular formula is C60H110O6. The summed E-state index contributed by atoms with van der Waals surface area (Å²) in [6.07, 6.45) is 64.7. The number of carbonyl (C=O) groups excluding carboxylic acids is 3. The molecule has 0 aliphatic heterocycles.